The van der Waals surface area contributed by atoms with E-state index in [1.807, 2.05) is 84.0 Å². The summed E-state index contributed by atoms with van der Waals surface area (Å²) in [6, 6.07) is 93.6. The molecule has 15 aromatic carbocycles. The van der Waals surface area contributed by atoms with Crippen molar-refractivity contribution in [3.8, 4) is 0 Å². The van der Waals surface area contributed by atoms with E-state index in [9.17, 15) is 38.7 Å². The summed E-state index contributed by atoms with van der Waals surface area (Å²) in [5, 5.41) is 27.2. The number of aromatic carboxylic acids is 1. The number of esters is 2. The summed E-state index contributed by atoms with van der Waals surface area (Å²) in [5.74, 6) is -1.52. The van der Waals surface area contributed by atoms with Crippen molar-refractivity contribution in [1.82, 2.24) is 20.0 Å². The monoisotopic (exact) mass is 2000 g/mol. The lowest BCUT2D eigenvalue weighted by Gasteiger charge is -2.25. The van der Waals surface area contributed by atoms with Crippen LogP contribution in [0.5, 0.6) is 0 Å². The van der Waals surface area contributed by atoms with Gasteiger partial charge < -0.3 is 34.6 Å². The summed E-state index contributed by atoms with van der Waals surface area (Å²) >= 11 is 50.2. The van der Waals surface area contributed by atoms with Crippen LogP contribution in [0.25, 0.3) is 43.1 Å². The Morgan fingerprint density at radius 1 is 0.324 bits per heavy atom. The first-order valence-corrected chi connectivity index (χ1v) is 49.5. The second-order valence-corrected chi connectivity index (χ2v) is 41.2. The van der Waals surface area contributed by atoms with Gasteiger partial charge in [-0.05, 0) is 332 Å². The van der Waals surface area contributed by atoms with Crippen molar-refractivity contribution in [3.05, 3.63) is 432 Å². The largest absolute Gasteiger partial charge is 0.478 e. The fourth-order valence-corrected chi connectivity index (χ4v) is 21.7. The van der Waals surface area contributed by atoms with Crippen molar-refractivity contribution in [2.75, 3.05) is 33.3 Å². The minimum atomic E-state index is -1.02. The lowest BCUT2D eigenvalue weighted by atomic mass is 9.93. The number of nitrogens with zero attached hydrogens (tertiary/aromatic N) is 3. The molecule has 8 atom stereocenters. The quantitative estimate of drug-likeness (QED) is 0.0616. The molecule has 0 radical (unpaired) electrons. The van der Waals surface area contributed by atoms with Gasteiger partial charge in [0, 0.05) is 125 Å². The second-order valence-electron chi connectivity index (χ2n) is 37.8. The van der Waals surface area contributed by atoms with Gasteiger partial charge in [0.25, 0.3) is 17.7 Å². The van der Waals surface area contributed by atoms with Crippen molar-refractivity contribution >= 4 is 177 Å². The third-order valence-corrected chi connectivity index (χ3v) is 28.2. The second kappa shape index (κ2) is 43.9. The van der Waals surface area contributed by atoms with E-state index in [-0.39, 0.29) is 83.8 Å². The highest BCUT2D eigenvalue weighted by Crippen LogP contribution is 2.48. The number of carbonyl (C=O) groups excluding carboxylic acids is 6. The molecule has 4 fully saturated rings. The predicted molar refractivity (Wildman–Crippen MR) is 564 cm³/mol. The minimum Gasteiger partial charge on any atom is -0.478 e. The number of benzene rings is 15. The van der Waals surface area contributed by atoms with Crippen LogP contribution >= 0.6 is 92.8 Å². The SMILES string of the molecule is COC(=O)c1ccc(C(=O)N2C[C@H](c3cc(Cl)cc(Cl)c3)C[C@@H]2c2ccc3cc(C)ccc3c2)cc1.Cc1ccc2cc([C@H]3C[C@@H](c4cc(Cl)cc(Cl)c4)CN3)ccc2c1.Cc1ccc2cc([C@H]3C[C@@H](c4cc(Cl)cc(Cl)c4)CN3C(=O)c3ccc(C(=O)CCCC(=O)OC(C)(C)C)cc3)ccc2c1.Cc1ccc2cc([C@H]3C[C@@H](c4cc(Cl)cc(Cl)c4)CN3C(=O)c3ccc(C(=O)O)cc3)ccc2c1. The number of carbonyl (C=O) groups is 7. The number of rotatable bonds is 18. The first-order chi connectivity index (χ1) is 66.5. The van der Waals surface area contributed by atoms with Gasteiger partial charge >= 0.3 is 17.9 Å². The number of amides is 3. The fraction of sp³-hybridized carbons (Fsp3) is 0.239. The zero-order valence-electron chi connectivity index (χ0n) is 78.1. The number of aryl methyl sites for hydroxylation is 4. The number of hydrogen-bond acceptors (Lipinski definition) is 10. The Morgan fingerprint density at radius 2 is 0.604 bits per heavy atom. The smallest absolute Gasteiger partial charge is 0.337 e. The average Bonchev–Trinajstić information content (AvgIpc) is 1.63. The first kappa shape index (κ1) is 100. The highest BCUT2D eigenvalue weighted by Gasteiger charge is 2.42. The topological polar surface area (TPSA) is 180 Å². The van der Waals surface area contributed by atoms with Crippen LogP contribution < -0.4 is 5.32 Å². The molecule has 4 saturated heterocycles. The molecule has 2 N–H and O–H groups in total. The van der Waals surface area contributed by atoms with Crippen molar-refractivity contribution < 1.29 is 48.1 Å². The van der Waals surface area contributed by atoms with Gasteiger partial charge in [-0.3, -0.25) is 24.0 Å². The molecular formula is C117H104Cl8N4O10. The number of hydrogen-bond donors (Lipinski definition) is 2. The zero-order chi connectivity index (χ0) is 98.4. The van der Waals surface area contributed by atoms with Gasteiger partial charge in [-0.1, -0.05) is 249 Å². The Bertz CT molecular complexity index is 7130. The number of methoxy groups -OCH3 is 1. The summed E-state index contributed by atoms with van der Waals surface area (Å²) < 4.78 is 10.1. The van der Waals surface area contributed by atoms with Crippen LogP contribution in [0.3, 0.4) is 0 Å². The molecule has 3 amide bonds. The Kier molecular flexibility index (Phi) is 31.6. The number of Topliss-reactive ketones (excluding diaryl/α,β-unsaturated/α-hetero) is 1. The molecule has 22 heteroatoms. The number of nitrogens with one attached hydrogen (secondary N) is 1. The van der Waals surface area contributed by atoms with Gasteiger partial charge in [0.15, 0.2) is 5.78 Å². The van der Waals surface area contributed by atoms with Crippen LogP contribution in [-0.2, 0) is 14.3 Å². The molecular weight excluding hydrogens is 1900 g/mol. The van der Waals surface area contributed by atoms with Crippen LogP contribution in [0.4, 0.5) is 0 Å². The summed E-state index contributed by atoms with van der Waals surface area (Å²) in [7, 11) is 1.34. The average molecular weight is 2010 g/mol. The number of likely N-dealkylation sites (tertiary alicyclic amines) is 3. The van der Waals surface area contributed by atoms with E-state index in [4.69, 9.17) is 102 Å². The molecule has 0 aliphatic carbocycles. The molecule has 0 saturated carbocycles. The van der Waals surface area contributed by atoms with Crippen LogP contribution in [0.2, 0.25) is 40.2 Å². The molecule has 14 nitrogen and oxygen atoms in total. The van der Waals surface area contributed by atoms with Gasteiger partial charge in [-0.25, -0.2) is 9.59 Å². The van der Waals surface area contributed by atoms with Crippen molar-refractivity contribution in [2.24, 2.45) is 0 Å². The fourth-order valence-electron chi connectivity index (χ4n) is 19.6. The third-order valence-electron chi connectivity index (χ3n) is 26.5. The molecule has 708 valence electrons. The van der Waals surface area contributed by atoms with Crippen LogP contribution in [0.15, 0.2) is 291 Å². The number of carboxylic acids is 1. The normalized spacial score (nSPS) is 17.8. The number of carboxylic acid groups (broad SMARTS) is 1. The highest BCUT2D eigenvalue weighted by atomic mass is 35.5. The maximum absolute atomic E-state index is 14.0. The van der Waals surface area contributed by atoms with E-state index in [0.29, 0.717) is 106 Å². The van der Waals surface area contributed by atoms with E-state index in [1.54, 1.807) is 84.9 Å². The number of ketones is 1. The molecule has 0 spiro atoms. The third kappa shape index (κ3) is 24.8. The first-order valence-electron chi connectivity index (χ1n) is 46.4. The van der Waals surface area contributed by atoms with E-state index in [1.165, 1.54) is 68.8 Å². The molecule has 0 unspecified atom stereocenters. The maximum atomic E-state index is 14.0. The summed E-state index contributed by atoms with van der Waals surface area (Å²) in [6.07, 6.45) is 4.09. The van der Waals surface area contributed by atoms with Crippen molar-refractivity contribution in [3.63, 3.8) is 0 Å². The van der Waals surface area contributed by atoms with E-state index < -0.39 is 17.5 Å². The molecule has 4 aliphatic rings. The molecule has 4 heterocycles. The molecule has 0 bridgehead atoms. The van der Waals surface area contributed by atoms with E-state index >= 15 is 0 Å². The van der Waals surface area contributed by atoms with Crippen LogP contribution in [-0.4, -0.2) is 100 Å². The van der Waals surface area contributed by atoms with Crippen LogP contribution in [0, 0.1) is 27.7 Å². The van der Waals surface area contributed by atoms with Gasteiger partial charge in [-0.2, -0.15) is 0 Å². The van der Waals surface area contributed by atoms with Gasteiger partial charge in [0.1, 0.15) is 5.60 Å². The predicted octanol–water partition coefficient (Wildman–Crippen LogP) is 30.9. The molecule has 19 rings (SSSR count). The Labute approximate surface area is 850 Å². The van der Waals surface area contributed by atoms with E-state index in [0.717, 1.165) is 92.5 Å². The standard InChI is InChI=1S/C37H37Cl2NO4.C30H25Cl2NO3.C29H23Cl2NO3.C21H19Cl2N/c1-23-8-9-27-17-28(15-14-26(27)16-23)33-20-30(29-18-31(38)21-32(39)19-29)22-40(33)36(43)25-12-10-24(11-13-25)34(41)6-5-7-35(42)44-37(2,3)4;1-18-3-4-22-12-23(10-9-21(22)11-18)28-15-25(24-13-26(31)16-27(32)14-24)17-33(28)29(34)19-5-7-20(8-6-19)30(35)36-2;1-17-2-3-21-11-22(9-8-20(21)10-17)27-14-24(23-12-25(30)15-26(31)13-23)16-32(27)28(33)18-4-6-19(7-5-18)29(34)35;1-13-2-3-15-7-16(5-4-14(15)6-13)21-10-18(12-24-21)17-8-19(22)11-20(23)9-17/h8-19,21,30,33H,5-7,20,22H2,1-4H3;3-14,16,25,28H,15,17H2,1-2H3;2-13,15,24,27H,14,16H2,1H3,(H,34,35);2-9,11,18,21,24H,10,12H2,1H3/t30-,33-;25-,28-;24-,27-;18-,21-/m1111/s1. The Morgan fingerprint density at radius 3 is 0.921 bits per heavy atom. The van der Waals surface area contributed by atoms with Gasteiger partial charge in [0.05, 0.1) is 36.4 Å². The van der Waals surface area contributed by atoms with E-state index in [2.05, 4.69) is 179 Å². The molecule has 4 aliphatic heterocycles. The summed E-state index contributed by atoms with van der Waals surface area (Å²) in [4.78, 5) is 95.0. The lowest BCUT2D eigenvalue weighted by molar-refractivity contribution is -0.154. The maximum Gasteiger partial charge on any atom is 0.337 e. The van der Waals surface area contributed by atoms with Gasteiger partial charge in [0.2, 0.25) is 0 Å². The molecule has 15 aromatic rings. The molecule has 139 heavy (non-hydrogen) atoms. The number of halogens is 8. The minimum absolute atomic E-state index is 0.0553. The highest BCUT2D eigenvalue weighted by molar-refractivity contribution is 6.36. The zero-order valence-corrected chi connectivity index (χ0v) is 84.1. The van der Waals surface area contributed by atoms with Gasteiger partial charge in [-0.15, -0.1) is 0 Å². The van der Waals surface area contributed by atoms with Crippen LogP contribution in [0.1, 0.15) is 242 Å². The Balaban J connectivity index is 0.000000136. The Hall–Kier alpha value is -11.9. The number of ether oxygens (including phenoxy) is 2. The summed E-state index contributed by atoms with van der Waals surface area (Å²) in [6.45, 7) is 16.3. The van der Waals surface area contributed by atoms with Crippen molar-refractivity contribution in [1.29, 1.82) is 0 Å². The lowest BCUT2D eigenvalue weighted by Crippen LogP contribution is -2.31. The number of fused-ring (bicyclic) bond motifs is 4. The van der Waals surface area contributed by atoms with Crippen molar-refractivity contribution in [2.45, 2.75) is 147 Å². The molecule has 0 aromatic heterocycles. The summed E-state index contributed by atoms with van der Waals surface area (Å²) in [5.41, 5.74) is 15.7.